The first-order valence-electron chi connectivity index (χ1n) is 9.26. The van der Waals surface area contributed by atoms with Crippen LogP contribution >= 0.6 is 0 Å². The van der Waals surface area contributed by atoms with Gasteiger partial charge < -0.3 is 14.2 Å². The molecular weight excluding hydrogens is 399 g/mol. The van der Waals surface area contributed by atoms with Crippen LogP contribution in [0.2, 0.25) is 0 Å². The van der Waals surface area contributed by atoms with E-state index in [1.165, 1.54) is 12.1 Å². The first-order chi connectivity index (χ1) is 14.3. The molecule has 0 radical (unpaired) electrons. The number of methoxy groups -OCH3 is 1. The van der Waals surface area contributed by atoms with E-state index in [2.05, 4.69) is 10.1 Å². The second-order valence-corrected chi connectivity index (χ2v) is 7.02. The van der Waals surface area contributed by atoms with Crippen LogP contribution in [0.3, 0.4) is 0 Å². The van der Waals surface area contributed by atoms with Crippen molar-refractivity contribution in [2.45, 2.75) is 25.1 Å². The van der Waals surface area contributed by atoms with Crippen LogP contribution in [-0.4, -0.2) is 34.6 Å². The van der Waals surface area contributed by atoms with Gasteiger partial charge in [0.05, 0.1) is 12.7 Å². The molecule has 0 spiro atoms. The standard InChI is InChI=1S/C21H18F3N3O3/c1-29-17-5-3-2-4-14(17)11-27-12-15(10-18(27)28)19-25-20(30-26-19)13-6-8-16(9-7-13)21(22,23)24/h2-9,15H,10-12H2,1H3. The van der Waals surface area contributed by atoms with Crippen LogP contribution in [0, 0.1) is 0 Å². The first kappa shape index (κ1) is 19.9. The SMILES string of the molecule is COc1ccccc1CN1CC(c2noc(-c3ccc(C(F)(F)F)cc3)n2)CC1=O. The van der Waals surface area contributed by atoms with E-state index in [0.717, 1.165) is 17.7 Å². The van der Waals surface area contributed by atoms with E-state index >= 15 is 0 Å². The summed E-state index contributed by atoms with van der Waals surface area (Å²) >= 11 is 0. The predicted octanol–water partition coefficient (Wildman–Crippen LogP) is 4.28. The lowest BCUT2D eigenvalue weighted by molar-refractivity contribution is -0.137. The van der Waals surface area contributed by atoms with E-state index in [9.17, 15) is 18.0 Å². The fourth-order valence-electron chi connectivity index (χ4n) is 3.46. The smallest absolute Gasteiger partial charge is 0.416 e. The quantitative estimate of drug-likeness (QED) is 0.620. The molecule has 9 heteroatoms. The molecule has 1 amide bonds. The number of aromatic nitrogens is 2. The normalized spacial score (nSPS) is 16.9. The highest BCUT2D eigenvalue weighted by Gasteiger charge is 2.34. The number of para-hydroxylation sites is 1. The van der Waals surface area contributed by atoms with Crippen molar-refractivity contribution in [3.63, 3.8) is 0 Å². The van der Waals surface area contributed by atoms with Gasteiger partial charge in [0.1, 0.15) is 5.75 Å². The van der Waals surface area contributed by atoms with E-state index in [1.54, 1.807) is 12.0 Å². The summed E-state index contributed by atoms with van der Waals surface area (Å²) in [6.45, 7) is 0.825. The lowest BCUT2D eigenvalue weighted by Crippen LogP contribution is -2.24. The van der Waals surface area contributed by atoms with Crippen LogP contribution in [-0.2, 0) is 17.5 Å². The fourth-order valence-corrected chi connectivity index (χ4v) is 3.46. The summed E-state index contributed by atoms with van der Waals surface area (Å²) in [6, 6.07) is 12.0. The van der Waals surface area contributed by atoms with Crippen LogP contribution in [0.1, 0.15) is 29.3 Å². The second-order valence-electron chi connectivity index (χ2n) is 7.02. The molecule has 0 aliphatic carbocycles. The summed E-state index contributed by atoms with van der Waals surface area (Å²) in [7, 11) is 1.58. The molecule has 156 valence electrons. The van der Waals surface area contributed by atoms with Gasteiger partial charge in [-0.15, -0.1) is 0 Å². The van der Waals surface area contributed by atoms with E-state index in [4.69, 9.17) is 9.26 Å². The Balaban J connectivity index is 1.47. The molecule has 4 rings (SSSR count). The maximum atomic E-state index is 12.7. The topological polar surface area (TPSA) is 68.5 Å². The highest BCUT2D eigenvalue weighted by Crippen LogP contribution is 2.32. The molecule has 0 saturated carbocycles. The van der Waals surface area contributed by atoms with Gasteiger partial charge in [-0.3, -0.25) is 4.79 Å². The van der Waals surface area contributed by atoms with Crippen molar-refractivity contribution in [2.75, 3.05) is 13.7 Å². The number of alkyl halides is 3. The molecule has 2 heterocycles. The minimum Gasteiger partial charge on any atom is -0.496 e. The molecule has 1 unspecified atom stereocenters. The summed E-state index contributed by atoms with van der Waals surface area (Å²) in [6.07, 6.45) is -4.17. The number of ether oxygens (including phenoxy) is 1. The monoisotopic (exact) mass is 417 g/mol. The Morgan fingerprint density at radius 1 is 1.17 bits per heavy atom. The number of likely N-dealkylation sites (tertiary alicyclic amines) is 1. The van der Waals surface area contributed by atoms with Gasteiger partial charge >= 0.3 is 6.18 Å². The molecule has 2 aromatic carbocycles. The van der Waals surface area contributed by atoms with E-state index in [0.29, 0.717) is 30.2 Å². The predicted molar refractivity (Wildman–Crippen MR) is 101 cm³/mol. The van der Waals surface area contributed by atoms with Gasteiger partial charge in [-0.05, 0) is 30.3 Å². The number of halogens is 3. The molecule has 1 aliphatic rings. The molecule has 1 aromatic heterocycles. The van der Waals surface area contributed by atoms with Crippen molar-refractivity contribution >= 4 is 5.91 Å². The Labute approximate surface area is 170 Å². The number of nitrogens with zero attached hydrogens (tertiary/aromatic N) is 3. The summed E-state index contributed by atoms with van der Waals surface area (Å²) in [5.74, 6) is 0.902. The summed E-state index contributed by atoms with van der Waals surface area (Å²) in [5, 5.41) is 3.94. The van der Waals surface area contributed by atoms with Crippen molar-refractivity contribution in [1.29, 1.82) is 0 Å². The Morgan fingerprint density at radius 3 is 2.60 bits per heavy atom. The number of amides is 1. The van der Waals surface area contributed by atoms with Crippen LogP contribution in [0.5, 0.6) is 5.75 Å². The third-order valence-electron chi connectivity index (χ3n) is 5.03. The van der Waals surface area contributed by atoms with E-state index < -0.39 is 11.7 Å². The highest BCUT2D eigenvalue weighted by molar-refractivity contribution is 5.79. The molecule has 1 fully saturated rings. The minimum atomic E-state index is -4.41. The molecule has 1 saturated heterocycles. The van der Waals surface area contributed by atoms with Crippen molar-refractivity contribution in [1.82, 2.24) is 15.0 Å². The zero-order valence-corrected chi connectivity index (χ0v) is 16.0. The maximum Gasteiger partial charge on any atom is 0.416 e. The number of benzene rings is 2. The zero-order valence-electron chi connectivity index (χ0n) is 16.0. The van der Waals surface area contributed by atoms with Gasteiger partial charge in [0.2, 0.25) is 5.91 Å². The average Bonchev–Trinajstić information content (AvgIpc) is 3.35. The zero-order chi connectivity index (χ0) is 21.3. The maximum absolute atomic E-state index is 12.7. The Morgan fingerprint density at radius 2 is 1.90 bits per heavy atom. The fraction of sp³-hybridized carbons (Fsp3) is 0.286. The Hall–Kier alpha value is -3.36. The van der Waals surface area contributed by atoms with Gasteiger partial charge in [-0.25, -0.2) is 0 Å². The van der Waals surface area contributed by atoms with Crippen LogP contribution < -0.4 is 4.74 Å². The van der Waals surface area contributed by atoms with Crippen molar-refractivity contribution < 1.29 is 27.2 Å². The van der Waals surface area contributed by atoms with Crippen molar-refractivity contribution in [2.24, 2.45) is 0 Å². The Bertz CT molecular complexity index is 1050. The third kappa shape index (κ3) is 4.00. The lowest BCUT2D eigenvalue weighted by Gasteiger charge is -2.17. The lowest BCUT2D eigenvalue weighted by atomic mass is 10.1. The second kappa shape index (κ2) is 7.81. The summed E-state index contributed by atoms with van der Waals surface area (Å²) in [4.78, 5) is 18.5. The van der Waals surface area contributed by atoms with Crippen molar-refractivity contribution in [3.8, 4) is 17.2 Å². The molecular formula is C21H18F3N3O3. The van der Waals surface area contributed by atoms with Gasteiger partial charge in [0.25, 0.3) is 5.89 Å². The first-order valence-corrected chi connectivity index (χ1v) is 9.26. The van der Waals surface area contributed by atoms with Crippen LogP contribution in [0.25, 0.3) is 11.5 Å². The number of carbonyl (C=O) groups is 1. The molecule has 1 aliphatic heterocycles. The molecule has 6 nitrogen and oxygen atoms in total. The number of carbonyl (C=O) groups excluding carboxylic acids is 1. The molecule has 30 heavy (non-hydrogen) atoms. The largest absolute Gasteiger partial charge is 0.496 e. The summed E-state index contributed by atoms with van der Waals surface area (Å²) < 4.78 is 48.7. The highest BCUT2D eigenvalue weighted by atomic mass is 19.4. The molecule has 0 N–H and O–H groups in total. The van der Waals surface area contributed by atoms with Crippen molar-refractivity contribution in [3.05, 3.63) is 65.5 Å². The molecule has 1 atom stereocenters. The van der Waals surface area contributed by atoms with Gasteiger partial charge in [-0.2, -0.15) is 18.2 Å². The van der Waals surface area contributed by atoms with E-state index in [-0.39, 0.29) is 24.1 Å². The third-order valence-corrected chi connectivity index (χ3v) is 5.03. The summed E-state index contributed by atoms with van der Waals surface area (Å²) in [5.41, 5.74) is 0.531. The average molecular weight is 417 g/mol. The van der Waals surface area contributed by atoms with Gasteiger partial charge in [-0.1, -0.05) is 23.4 Å². The Kier molecular flexibility index (Phi) is 5.19. The minimum absolute atomic E-state index is 0.0354. The van der Waals surface area contributed by atoms with E-state index in [1.807, 2.05) is 24.3 Å². The number of hydrogen-bond acceptors (Lipinski definition) is 5. The van der Waals surface area contributed by atoms with Crippen LogP contribution in [0.15, 0.2) is 53.1 Å². The number of hydrogen-bond donors (Lipinski definition) is 0. The molecule has 0 bridgehead atoms. The van der Waals surface area contributed by atoms with Gasteiger partial charge in [0, 0.05) is 36.6 Å². The number of rotatable bonds is 5. The van der Waals surface area contributed by atoms with Crippen LogP contribution in [0.4, 0.5) is 13.2 Å². The molecule has 3 aromatic rings. The van der Waals surface area contributed by atoms with Gasteiger partial charge in [0.15, 0.2) is 5.82 Å².